The van der Waals surface area contributed by atoms with Crippen LogP contribution in [0.3, 0.4) is 0 Å². The average molecular weight is 452 g/mol. The van der Waals surface area contributed by atoms with Gasteiger partial charge in [-0.2, -0.15) is 5.26 Å². The molecule has 1 fully saturated rings. The fourth-order valence-corrected chi connectivity index (χ4v) is 5.16. The van der Waals surface area contributed by atoms with Crippen LogP contribution in [0.25, 0.3) is 0 Å². The first kappa shape index (κ1) is 23.9. The Balaban J connectivity index is 1.63. The first-order chi connectivity index (χ1) is 15.4. The Hall–Kier alpha value is -2.78. The molecule has 0 N–H and O–H groups in total. The topological polar surface area (TPSA) is 76.4 Å². The summed E-state index contributed by atoms with van der Waals surface area (Å²) in [4.78, 5) is 26.6. The molecule has 3 rings (SSSR count). The molecular weight excluding hydrogens is 422 g/mol. The first-order valence-electron chi connectivity index (χ1n) is 11.0. The van der Waals surface area contributed by atoms with Crippen molar-refractivity contribution in [1.82, 2.24) is 0 Å². The van der Waals surface area contributed by atoms with Crippen LogP contribution in [0.1, 0.15) is 56.0 Å². The standard InChI is InChI=1S/C26H29NO4S/c1-17(2)20-13-12-18(3)14-22(20)31-25(28)16-30-26(29)21-9-5-7-11-24(21)32-23-10-6-4-8-19(23)15-27/h4-11,17-18,20,22H,12-14,16H2,1-3H3/t18-,20-,22+/m0/s1. The lowest BCUT2D eigenvalue weighted by molar-refractivity contribution is -0.159. The summed E-state index contributed by atoms with van der Waals surface area (Å²) in [5, 5.41) is 9.32. The lowest BCUT2D eigenvalue weighted by Gasteiger charge is -2.36. The number of nitrogens with zero attached hydrogens (tertiary/aromatic N) is 1. The van der Waals surface area contributed by atoms with Gasteiger partial charge in [0.05, 0.1) is 11.1 Å². The van der Waals surface area contributed by atoms with Crippen LogP contribution >= 0.6 is 11.8 Å². The molecule has 0 saturated heterocycles. The van der Waals surface area contributed by atoms with Crippen LogP contribution in [0.4, 0.5) is 0 Å². The highest BCUT2D eigenvalue weighted by Crippen LogP contribution is 2.35. The molecule has 0 spiro atoms. The zero-order valence-electron chi connectivity index (χ0n) is 18.7. The number of hydrogen-bond donors (Lipinski definition) is 0. The summed E-state index contributed by atoms with van der Waals surface area (Å²) >= 11 is 1.32. The highest BCUT2D eigenvalue weighted by molar-refractivity contribution is 7.99. The van der Waals surface area contributed by atoms with E-state index in [0.717, 1.165) is 24.2 Å². The van der Waals surface area contributed by atoms with Gasteiger partial charge in [-0.05, 0) is 54.9 Å². The number of esters is 2. The molecule has 0 unspecified atom stereocenters. The number of ether oxygens (including phenoxy) is 2. The number of rotatable bonds is 7. The fourth-order valence-electron chi connectivity index (χ4n) is 4.15. The molecule has 0 bridgehead atoms. The number of carbonyl (C=O) groups excluding carboxylic acids is 2. The van der Waals surface area contributed by atoms with Crippen LogP contribution in [0, 0.1) is 29.1 Å². The van der Waals surface area contributed by atoms with E-state index in [9.17, 15) is 14.9 Å². The summed E-state index contributed by atoms with van der Waals surface area (Å²) in [6.07, 6.45) is 2.91. The number of carbonyl (C=O) groups is 2. The molecule has 2 aromatic rings. The maximum Gasteiger partial charge on any atom is 0.344 e. The zero-order valence-corrected chi connectivity index (χ0v) is 19.6. The normalized spacial score (nSPS) is 20.4. The Morgan fingerprint density at radius 2 is 1.78 bits per heavy atom. The minimum absolute atomic E-state index is 0.129. The van der Waals surface area contributed by atoms with Gasteiger partial charge >= 0.3 is 11.9 Å². The van der Waals surface area contributed by atoms with Gasteiger partial charge in [0.25, 0.3) is 0 Å². The van der Waals surface area contributed by atoms with E-state index < -0.39 is 18.5 Å². The van der Waals surface area contributed by atoms with Gasteiger partial charge in [0.2, 0.25) is 0 Å². The second-order valence-electron chi connectivity index (χ2n) is 8.64. The minimum atomic E-state index is -0.586. The summed E-state index contributed by atoms with van der Waals surface area (Å²) in [7, 11) is 0. The molecular formula is C26H29NO4S. The molecule has 1 aliphatic carbocycles. The third kappa shape index (κ3) is 6.14. The molecule has 0 radical (unpaired) electrons. The molecule has 1 aliphatic rings. The van der Waals surface area contributed by atoms with Crippen molar-refractivity contribution in [2.24, 2.45) is 17.8 Å². The largest absolute Gasteiger partial charge is 0.460 e. The lowest BCUT2D eigenvalue weighted by atomic mass is 9.75. The van der Waals surface area contributed by atoms with Crippen LogP contribution in [0.15, 0.2) is 58.3 Å². The average Bonchev–Trinajstić information content (AvgIpc) is 2.78. The van der Waals surface area contributed by atoms with E-state index in [-0.39, 0.29) is 6.10 Å². The number of benzene rings is 2. The molecule has 2 aromatic carbocycles. The smallest absolute Gasteiger partial charge is 0.344 e. The van der Waals surface area contributed by atoms with Crippen LogP contribution in [0.2, 0.25) is 0 Å². The first-order valence-corrected chi connectivity index (χ1v) is 11.8. The van der Waals surface area contributed by atoms with Gasteiger partial charge in [-0.3, -0.25) is 0 Å². The Morgan fingerprint density at radius 1 is 1.09 bits per heavy atom. The fraction of sp³-hybridized carbons (Fsp3) is 0.423. The number of nitriles is 1. The molecule has 168 valence electrons. The monoisotopic (exact) mass is 451 g/mol. The van der Waals surface area contributed by atoms with Crippen molar-refractivity contribution in [2.75, 3.05) is 6.61 Å². The molecule has 3 atom stereocenters. The number of hydrogen-bond acceptors (Lipinski definition) is 6. The molecule has 5 nitrogen and oxygen atoms in total. The highest BCUT2D eigenvalue weighted by atomic mass is 32.2. The third-order valence-corrected chi connectivity index (χ3v) is 7.05. The molecule has 0 amide bonds. The predicted molar refractivity (Wildman–Crippen MR) is 123 cm³/mol. The van der Waals surface area contributed by atoms with Gasteiger partial charge in [0, 0.05) is 9.79 Å². The summed E-state index contributed by atoms with van der Waals surface area (Å²) in [5.74, 6) is 0.191. The maximum atomic E-state index is 12.7. The van der Waals surface area contributed by atoms with Crippen molar-refractivity contribution in [3.05, 3.63) is 59.7 Å². The molecule has 0 aromatic heterocycles. The minimum Gasteiger partial charge on any atom is -0.460 e. The van der Waals surface area contributed by atoms with Crippen molar-refractivity contribution in [3.63, 3.8) is 0 Å². The van der Waals surface area contributed by atoms with E-state index in [2.05, 4.69) is 26.8 Å². The molecule has 0 heterocycles. The van der Waals surface area contributed by atoms with Gasteiger partial charge in [-0.1, -0.05) is 63.2 Å². The summed E-state index contributed by atoms with van der Waals surface area (Å²) < 4.78 is 11.0. The third-order valence-electron chi connectivity index (χ3n) is 5.90. The Morgan fingerprint density at radius 3 is 2.50 bits per heavy atom. The summed E-state index contributed by atoms with van der Waals surface area (Å²) in [6, 6.07) is 16.4. The second-order valence-corrected chi connectivity index (χ2v) is 9.72. The van der Waals surface area contributed by atoms with E-state index in [0.29, 0.717) is 33.8 Å². The second kappa shape index (κ2) is 11.2. The van der Waals surface area contributed by atoms with Gasteiger partial charge in [-0.15, -0.1) is 0 Å². The van der Waals surface area contributed by atoms with Crippen molar-refractivity contribution >= 4 is 23.7 Å². The molecule has 0 aliphatic heterocycles. The maximum absolute atomic E-state index is 12.7. The van der Waals surface area contributed by atoms with Crippen LogP contribution < -0.4 is 0 Å². The van der Waals surface area contributed by atoms with E-state index in [1.165, 1.54) is 11.8 Å². The predicted octanol–water partition coefficient (Wildman–Crippen LogP) is 5.87. The quantitative estimate of drug-likeness (QED) is 0.490. The Kier molecular flexibility index (Phi) is 8.35. The lowest BCUT2D eigenvalue weighted by Crippen LogP contribution is -2.36. The molecule has 6 heteroatoms. The molecule has 32 heavy (non-hydrogen) atoms. The van der Waals surface area contributed by atoms with Gasteiger partial charge < -0.3 is 9.47 Å². The van der Waals surface area contributed by atoms with Crippen LogP contribution in [-0.4, -0.2) is 24.6 Å². The van der Waals surface area contributed by atoms with Gasteiger partial charge in [0.15, 0.2) is 6.61 Å². The zero-order chi connectivity index (χ0) is 23.1. The van der Waals surface area contributed by atoms with Crippen molar-refractivity contribution in [3.8, 4) is 6.07 Å². The molecule has 1 saturated carbocycles. The van der Waals surface area contributed by atoms with E-state index in [1.54, 1.807) is 30.3 Å². The SMILES string of the molecule is CC(C)[C@@H]1CC[C@H](C)C[C@H]1OC(=O)COC(=O)c1ccccc1Sc1ccccc1C#N. The van der Waals surface area contributed by atoms with Crippen molar-refractivity contribution in [2.45, 2.75) is 55.9 Å². The van der Waals surface area contributed by atoms with Crippen LogP contribution in [0.5, 0.6) is 0 Å². The van der Waals surface area contributed by atoms with Crippen molar-refractivity contribution in [1.29, 1.82) is 5.26 Å². The van der Waals surface area contributed by atoms with E-state index in [4.69, 9.17) is 9.47 Å². The van der Waals surface area contributed by atoms with E-state index in [1.807, 2.05) is 18.2 Å². The van der Waals surface area contributed by atoms with Gasteiger partial charge in [-0.25, -0.2) is 9.59 Å². The summed E-state index contributed by atoms with van der Waals surface area (Å²) in [5.41, 5.74) is 0.884. The summed E-state index contributed by atoms with van der Waals surface area (Å²) in [6.45, 7) is 6.07. The Labute approximate surface area is 194 Å². The van der Waals surface area contributed by atoms with Gasteiger partial charge in [0.1, 0.15) is 12.2 Å². The highest BCUT2D eigenvalue weighted by Gasteiger charge is 2.33. The van der Waals surface area contributed by atoms with E-state index >= 15 is 0 Å². The Bertz CT molecular complexity index is 997. The van der Waals surface area contributed by atoms with Crippen LogP contribution in [-0.2, 0) is 14.3 Å². The van der Waals surface area contributed by atoms with Crippen molar-refractivity contribution < 1.29 is 19.1 Å².